The van der Waals surface area contributed by atoms with Crippen molar-refractivity contribution in [2.75, 3.05) is 7.05 Å². The van der Waals surface area contributed by atoms with Crippen LogP contribution in [0, 0.1) is 16.7 Å². The number of hydrogen-bond acceptors (Lipinski definition) is 2. The Morgan fingerprint density at radius 3 is 2.35 bits per heavy atom. The van der Waals surface area contributed by atoms with Crippen LogP contribution in [0.25, 0.3) is 0 Å². The average Bonchev–Trinajstić information content (AvgIpc) is 2.74. The van der Waals surface area contributed by atoms with Crippen LogP contribution in [0.15, 0.2) is 30.3 Å². The topological polar surface area (TPSA) is 44.1 Å². The van der Waals surface area contributed by atoms with Gasteiger partial charge >= 0.3 is 0 Å². The molecule has 1 amide bonds. The van der Waals surface area contributed by atoms with Crippen LogP contribution < -0.4 is 0 Å². The van der Waals surface area contributed by atoms with Gasteiger partial charge in [-0.15, -0.1) is 0 Å². The lowest BCUT2D eigenvalue weighted by molar-refractivity contribution is -0.138. The number of nitriles is 1. The summed E-state index contributed by atoms with van der Waals surface area (Å²) in [6.45, 7) is 0.573. The molecule has 3 heteroatoms. The third-order valence-electron chi connectivity index (χ3n) is 4.19. The van der Waals surface area contributed by atoms with Crippen molar-refractivity contribution in [3.63, 3.8) is 0 Å². The first-order chi connectivity index (χ1) is 9.68. The summed E-state index contributed by atoms with van der Waals surface area (Å²) in [7, 11) is 1.80. The van der Waals surface area contributed by atoms with Crippen LogP contribution in [-0.2, 0) is 11.3 Å². The predicted octanol–water partition coefficient (Wildman–Crippen LogP) is 3.51. The molecule has 0 radical (unpaired) electrons. The number of benzene rings is 1. The molecule has 1 aliphatic rings. The minimum atomic E-state index is -0.792. The van der Waals surface area contributed by atoms with Crippen molar-refractivity contribution in [3.05, 3.63) is 35.9 Å². The van der Waals surface area contributed by atoms with E-state index in [-0.39, 0.29) is 5.91 Å². The van der Waals surface area contributed by atoms with Crippen molar-refractivity contribution in [2.24, 2.45) is 5.41 Å². The molecule has 2 rings (SSSR count). The second kappa shape index (κ2) is 6.56. The fourth-order valence-electron chi connectivity index (χ4n) is 3.00. The van der Waals surface area contributed by atoms with Crippen LogP contribution in [0.5, 0.6) is 0 Å². The molecule has 0 saturated heterocycles. The molecule has 0 N–H and O–H groups in total. The van der Waals surface area contributed by atoms with Crippen LogP contribution in [0.3, 0.4) is 0 Å². The summed E-state index contributed by atoms with van der Waals surface area (Å²) < 4.78 is 0. The van der Waals surface area contributed by atoms with Crippen LogP contribution in [0.4, 0.5) is 0 Å². The van der Waals surface area contributed by atoms with Gasteiger partial charge in [0.25, 0.3) is 0 Å². The lowest BCUT2D eigenvalue weighted by atomic mass is 9.80. The molecule has 0 atom stereocenters. The summed E-state index contributed by atoms with van der Waals surface area (Å²) >= 11 is 0. The molecule has 3 nitrogen and oxygen atoms in total. The number of carbonyl (C=O) groups is 1. The molecule has 0 aliphatic heterocycles. The SMILES string of the molecule is CN(Cc1ccccc1)C(=O)C1(C#N)CCCCCC1. The summed E-state index contributed by atoms with van der Waals surface area (Å²) in [4.78, 5) is 14.4. The summed E-state index contributed by atoms with van der Waals surface area (Å²) in [6, 6.07) is 12.3. The van der Waals surface area contributed by atoms with Gasteiger partial charge in [0.15, 0.2) is 0 Å². The first kappa shape index (κ1) is 14.6. The first-order valence-corrected chi connectivity index (χ1v) is 7.39. The number of amides is 1. The smallest absolute Gasteiger partial charge is 0.243 e. The van der Waals surface area contributed by atoms with Crippen LogP contribution in [0.1, 0.15) is 44.1 Å². The molecular weight excluding hydrogens is 248 g/mol. The van der Waals surface area contributed by atoms with Crippen molar-refractivity contribution in [3.8, 4) is 6.07 Å². The van der Waals surface area contributed by atoms with E-state index in [0.29, 0.717) is 19.4 Å². The maximum Gasteiger partial charge on any atom is 0.243 e. The van der Waals surface area contributed by atoms with E-state index in [1.165, 1.54) is 0 Å². The Kier molecular flexibility index (Phi) is 4.79. The Morgan fingerprint density at radius 2 is 1.80 bits per heavy atom. The van der Waals surface area contributed by atoms with E-state index in [4.69, 9.17) is 0 Å². The Hall–Kier alpha value is -1.82. The summed E-state index contributed by atoms with van der Waals surface area (Å²) in [5.74, 6) is -0.00856. The summed E-state index contributed by atoms with van der Waals surface area (Å²) in [6.07, 6.45) is 5.66. The molecule has 0 aromatic heterocycles. The molecular formula is C17H22N2O. The number of carbonyl (C=O) groups excluding carboxylic acids is 1. The van der Waals surface area contributed by atoms with Crippen molar-refractivity contribution in [1.82, 2.24) is 4.90 Å². The molecule has 1 aliphatic carbocycles. The minimum absolute atomic E-state index is 0.00856. The third-order valence-corrected chi connectivity index (χ3v) is 4.19. The fraction of sp³-hybridized carbons (Fsp3) is 0.529. The lowest BCUT2D eigenvalue weighted by Gasteiger charge is -2.29. The second-order valence-electron chi connectivity index (χ2n) is 5.75. The van der Waals surface area contributed by atoms with Gasteiger partial charge in [-0.1, -0.05) is 56.0 Å². The molecule has 1 saturated carbocycles. The molecule has 1 aromatic carbocycles. The van der Waals surface area contributed by atoms with Gasteiger partial charge in [-0.3, -0.25) is 4.79 Å². The highest BCUT2D eigenvalue weighted by atomic mass is 16.2. The predicted molar refractivity (Wildman–Crippen MR) is 78.7 cm³/mol. The molecule has 0 heterocycles. The zero-order valence-electron chi connectivity index (χ0n) is 12.1. The van der Waals surface area contributed by atoms with Gasteiger partial charge in [0.2, 0.25) is 5.91 Å². The molecule has 0 unspecified atom stereocenters. The Balaban J connectivity index is 2.10. The van der Waals surface area contributed by atoms with Crippen LogP contribution in [-0.4, -0.2) is 17.9 Å². The highest BCUT2D eigenvalue weighted by Crippen LogP contribution is 2.36. The van der Waals surface area contributed by atoms with Crippen molar-refractivity contribution >= 4 is 5.91 Å². The van der Waals surface area contributed by atoms with Crippen LogP contribution >= 0.6 is 0 Å². The molecule has 1 fully saturated rings. The Bertz CT molecular complexity index is 481. The molecule has 0 bridgehead atoms. The van der Waals surface area contributed by atoms with Crippen molar-refractivity contribution in [2.45, 2.75) is 45.1 Å². The zero-order valence-corrected chi connectivity index (χ0v) is 12.1. The van der Waals surface area contributed by atoms with E-state index >= 15 is 0 Å². The normalized spacial score (nSPS) is 17.8. The number of hydrogen-bond donors (Lipinski definition) is 0. The third kappa shape index (κ3) is 3.19. The summed E-state index contributed by atoms with van der Waals surface area (Å²) in [5, 5.41) is 9.55. The van der Waals surface area contributed by atoms with E-state index in [9.17, 15) is 10.1 Å². The zero-order chi connectivity index (χ0) is 14.4. The largest absolute Gasteiger partial charge is 0.340 e. The van der Waals surface area contributed by atoms with Gasteiger partial charge in [0.1, 0.15) is 5.41 Å². The highest BCUT2D eigenvalue weighted by Gasteiger charge is 2.40. The minimum Gasteiger partial charge on any atom is -0.340 e. The van der Waals surface area contributed by atoms with Gasteiger partial charge in [0, 0.05) is 13.6 Å². The van der Waals surface area contributed by atoms with Gasteiger partial charge in [-0.2, -0.15) is 5.26 Å². The Labute approximate surface area is 121 Å². The number of nitrogens with zero attached hydrogens (tertiary/aromatic N) is 2. The Morgan fingerprint density at radius 1 is 1.20 bits per heavy atom. The quantitative estimate of drug-likeness (QED) is 0.789. The fourth-order valence-corrected chi connectivity index (χ4v) is 3.00. The van der Waals surface area contributed by atoms with E-state index in [0.717, 1.165) is 31.2 Å². The maximum atomic E-state index is 12.7. The van der Waals surface area contributed by atoms with Crippen molar-refractivity contribution in [1.29, 1.82) is 5.26 Å². The van der Waals surface area contributed by atoms with E-state index < -0.39 is 5.41 Å². The standard InChI is InChI=1S/C17H22N2O/c1-19(13-15-9-5-4-6-10-15)16(20)17(14-18)11-7-2-3-8-12-17/h4-6,9-10H,2-3,7-8,11-13H2,1H3. The number of rotatable bonds is 3. The van der Waals surface area contributed by atoms with Gasteiger partial charge in [0.05, 0.1) is 6.07 Å². The average molecular weight is 270 g/mol. The molecule has 1 aromatic rings. The van der Waals surface area contributed by atoms with E-state index in [1.54, 1.807) is 11.9 Å². The monoisotopic (exact) mass is 270 g/mol. The first-order valence-electron chi connectivity index (χ1n) is 7.39. The van der Waals surface area contributed by atoms with E-state index in [2.05, 4.69) is 6.07 Å². The summed E-state index contributed by atoms with van der Waals surface area (Å²) in [5.41, 5.74) is 0.310. The lowest BCUT2D eigenvalue weighted by Crippen LogP contribution is -2.40. The van der Waals surface area contributed by atoms with Crippen molar-refractivity contribution < 1.29 is 4.79 Å². The van der Waals surface area contributed by atoms with Crippen LogP contribution in [0.2, 0.25) is 0 Å². The van der Waals surface area contributed by atoms with Gasteiger partial charge in [-0.05, 0) is 18.4 Å². The maximum absolute atomic E-state index is 12.7. The molecule has 20 heavy (non-hydrogen) atoms. The molecule has 106 valence electrons. The van der Waals surface area contributed by atoms with Gasteiger partial charge in [-0.25, -0.2) is 0 Å². The highest BCUT2D eigenvalue weighted by molar-refractivity contribution is 5.85. The second-order valence-corrected chi connectivity index (χ2v) is 5.75. The molecule has 0 spiro atoms. The van der Waals surface area contributed by atoms with Gasteiger partial charge < -0.3 is 4.90 Å². The van der Waals surface area contributed by atoms with E-state index in [1.807, 2.05) is 30.3 Å².